The van der Waals surface area contributed by atoms with Crippen LogP contribution in [0.5, 0.6) is 0 Å². The lowest BCUT2D eigenvalue weighted by molar-refractivity contribution is 0.162. The van der Waals surface area contributed by atoms with Gasteiger partial charge in [0.05, 0.1) is 5.69 Å². The Morgan fingerprint density at radius 2 is 2.47 bits per heavy atom. The number of likely N-dealkylation sites (tertiary alicyclic amines) is 1. The summed E-state index contributed by atoms with van der Waals surface area (Å²) in [6.45, 7) is 9.62. The van der Waals surface area contributed by atoms with Crippen molar-refractivity contribution in [3.8, 4) is 0 Å². The number of hydrogen-bond acceptors (Lipinski definition) is 4. The molecule has 1 N–H and O–H groups in total. The molecule has 1 unspecified atom stereocenters. The molecule has 4 heteroatoms. The third-order valence-corrected chi connectivity index (χ3v) is 3.35. The van der Waals surface area contributed by atoms with E-state index in [0.717, 1.165) is 37.0 Å². The molecule has 1 aromatic rings. The van der Waals surface area contributed by atoms with E-state index in [1.807, 2.05) is 13.0 Å². The zero-order valence-corrected chi connectivity index (χ0v) is 10.9. The molecule has 2 heterocycles. The van der Waals surface area contributed by atoms with E-state index in [1.54, 1.807) is 0 Å². The zero-order chi connectivity index (χ0) is 12.1. The van der Waals surface area contributed by atoms with Gasteiger partial charge in [-0.15, -0.1) is 0 Å². The Morgan fingerprint density at radius 3 is 3.18 bits per heavy atom. The summed E-state index contributed by atoms with van der Waals surface area (Å²) in [5.41, 5.74) is 1.06. The summed E-state index contributed by atoms with van der Waals surface area (Å²) >= 11 is 0. The molecular formula is C13H23N3O. The second kappa shape index (κ2) is 6.17. The van der Waals surface area contributed by atoms with Gasteiger partial charge in [-0.25, -0.2) is 0 Å². The van der Waals surface area contributed by atoms with Gasteiger partial charge in [0.15, 0.2) is 0 Å². The summed E-state index contributed by atoms with van der Waals surface area (Å²) in [6, 6.07) is 2.04. The minimum Gasteiger partial charge on any atom is -0.361 e. The number of nitrogens with zero attached hydrogens (tertiary/aromatic N) is 2. The van der Waals surface area contributed by atoms with Gasteiger partial charge in [0.2, 0.25) is 0 Å². The number of aromatic nitrogens is 1. The number of rotatable bonds is 5. The first-order chi connectivity index (χ1) is 8.28. The van der Waals surface area contributed by atoms with Crippen LogP contribution in [0, 0.1) is 12.8 Å². The maximum Gasteiger partial charge on any atom is 0.133 e. The highest BCUT2D eigenvalue weighted by atomic mass is 16.5. The van der Waals surface area contributed by atoms with Crippen molar-refractivity contribution in [2.45, 2.75) is 33.2 Å². The van der Waals surface area contributed by atoms with E-state index in [4.69, 9.17) is 4.52 Å². The van der Waals surface area contributed by atoms with E-state index in [-0.39, 0.29) is 0 Å². The van der Waals surface area contributed by atoms with Crippen LogP contribution in [-0.4, -0.2) is 36.2 Å². The Morgan fingerprint density at radius 1 is 1.59 bits per heavy atom. The van der Waals surface area contributed by atoms with Crippen LogP contribution in [0.15, 0.2) is 10.6 Å². The highest BCUT2D eigenvalue weighted by Crippen LogP contribution is 2.17. The summed E-state index contributed by atoms with van der Waals surface area (Å²) in [4.78, 5) is 2.49. The number of hydrogen-bond donors (Lipinski definition) is 1. The molecule has 1 atom stereocenters. The van der Waals surface area contributed by atoms with Crippen LogP contribution in [0.2, 0.25) is 0 Å². The summed E-state index contributed by atoms with van der Waals surface area (Å²) < 4.78 is 5.11. The van der Waals surface area contributed by atoms with Gasteiger partial charge >= 0.3 is 0 Å². The van der Waals surface area contributed by atoms with E-state index in [0.29, 0.717) is 0 Å². The molecule has 1 aliphatic rings. The van der Waals surface area contributed by atoms with Crippen LogP contribution in [0.3, 0.4) is 0 Å². The maximum atomic E-state index is 5.11. The first-order valence-electron chi connectivity index (χ1n) is 6.63. The molecule has 17 heavy (non-hydrogen) atoms. The fourth-order valence-electron chi connectivity index (χ4n) is 2.53. The van der Waals surface area contributed by atoms with Gasteiger partial charge in [-0.1, -0.05) is 12.1 Å². The molecule has 4 nitrogen and oxygen atoms in total. The second-order valence-electron chi connectivity index (χ2n) is 4.98. The molecular weight excluding hydrogens is 214 g/mol. The average Bonchev–Trinajstić information content (AvgIpc) is 2.73. The van der Waals surface area contributed by atoms with Crippen molar-refractivity contribution in [3.63, 3.8) is 0 Å². The van der Waals surface area contributed by atoms with Crippen LogP contribution in [0.4, 0.5) is 0 Å². The molecule has 0 radical (unpaired) electrons. The Balaban J connectivity index is 1.80. The van der Waals surface area contributed by atoms with Gasteiger partial charge in [0.1, 0.15) is 5.76 Å². The highest BCUT2D eigenvalue weighted by molar-refractivity contribution is 5.03. The van der Waals surface area contributed by atoms with Crippen LogP contribution < -0.4 is 5.32 Å². The number of aryl methyl sites for hydroxylation is 1. The largest absolute Gasteiger partial charge is 0.361 e. The van der Waals surface area contributed by atoms with Crippen molar-refractivity contribution in [1.29, 1.82) is 0 Å². The molecule has 96 valence electrons. The Labute approximate surface area is 103 Å². The van der Waals surface area contributed by atoms with Gasteiger partial charge in [-0.2, -0.15) is 0 Å². The SMILES string of the molecule is CCNCC1CCCN(Cc2cc(C)on2)C1. The highest BCUT2D eigenvalue weighted by Gasteiger charge is 2.20. The van der Waals surface area contributed by atoms with Crippen molar-refractivity contribution in [2.75, 3.05) is 26.2 Å². The molecule has 0 spiro atoms. The van der Waals surface area contributed by atoms with Crippen molar-refractivity contribution < 1.29 is 4.52 Å². The summed E-state index contributed by atoms with van der Waals surface area (Å²) in [6.07, 6.45) is 2.65. The summed E-state index contributed by atoms with van der Waals surface area (Å²) in [5, 5.41) is 7.51. The molecule has 2 rings (SSSR count). The minimum atomic E-state index is 0.789. The lowest BCUT2D eigenvalue weighted by atomic mass is 9.98. The van der Waals surface area contributed by atoms with E-state index >= 15 is 0 Å². The van der Waals surface area contributed by atoms with Crippen molar-refractivity contribution in [3.05, 3.63) is 17.5 Å². The van der Waals surface area contributed by atoms with E-state index < -0.39 is 0 Å². The normalized spacial score (nSPS) is 21.9. The molecule has 0 bridgehead atoms. The van der Waals surface area contributed by atoms with Gasteiger partial charge in [0.25, 0.3) is 0 Å². The van der Waals surface area contributed by atoms with Crippen molar-refractivity contribution >= 4 is 0 Å². The third kappa shape index (κ3) is 3.82. The fourth-order valence-corrected chi connectivity index (χ4v) is 2.53. The van der Waals surface area contributed by atoms with Gasteiger partial charge in [-0.3, -0.25) is 4.90 Å². The number of nitrogens with one attached hydrogen (secondary N) is 1. The Bertz CT molecular complexity index is 337. The number of piperidine rings is 1. The summed E-state index contributed by atoms with van der Waals surface area (Å²) in [7, 11) is 0. The smallest absolute Gasteiger partial charge is 0.133 e. The van der Waals surface area contributed by atoms with E-state index in [9.17, 15) is 0 Å². The first-order valence-corrected chi connectivity index (χ1v) is 6.63. The van der Waals surface area contributed by atoms with E-state index in [2.05, 4.69) is 22.3 Å². The molecule has 0 amide bonds. The Kier molecular flexibility index (Phi) is 4.57. The maximum absolute atomic E-state index is 5.11. The van der Waals surface area contributed by atoms with Gasteiger partial charge in [-0.05, 0) is 45.3 Å². The molecule has 0 saturated carbocycles. The van der Waals surface area contributed by atoms with Crippen LogP contribution >= 0.6 is 0 Å². The zero-order valence-electron chi connectivity index (χ0n) is 10.9. The molecule has 1 aromatic heterocycles. The lowest BCUT2D eigenvalue weighted by Gasteiger charge is -2.32. The van der Waals surface area contributed by atoms with Crippen LogP contribution in [0.1, 0.15) is 31.2 Å². The standard InChI is InChI=1S/C13H23N3O/c1-3-14-8-12-5-4-6-16(9-12)10-13-7-11(2)17-15-13/h7,12,14H,3-6,8-10H2,1-2H3. The summed E-state index contributed by atoms with van der Waals surface area (Å²) in [5.74, 6) is 1.69. The Hall–Kier alpha value is -0.870. The molecule has 1 aliphatic heterocycles. The molecule has 0 aromatic carbocycles. The molecule has 1 fully saturated rings. The first kappa shape index (κ1) is 12.6. The van der Waals surface area contributed by atoms with Crippen molar-refractivity contribution in [1.82, 2.24) is 15.4 Å². The lowest BCUT2D eigenvalue weighted by Crippen LogP contribution is -2.39. The predicted molar refractivity (Wildman–Crippen MR) is 67.8 cm³/mol. The van der Waals surface area contributed by atoms with Gasteiger partial charge < -0.3 is 9.84 Å². The van der Waals surface area contributed by atoms with Crippen LogP contribution in [-0.2, 0) is 6.54 Å². The average molecular weight is 237 g/mol. The topological polar surface area (TPSA) is 41.3 Å². The van der Waals surface area contributed by atoms with Gasteiger partial charge in [0, 0.05) is 19.2 Å². The second-order valence-corrected chi connectivity index (χ2v) is 4.98. The quantitative estimate of drug-likeness (QED) is 0.848. The van der Waals surface area contributed by atoms with Crippen LogP contribution in [0.25, 0.3) is 0 Å². The third-order valence-electron chi connectivity index (χ3n) is 3.35. The molecule has 1 saturated heterocycles. The van der Waals surface area contributed by atoms with Crippen molar-refractivity contribution in [2.24, 2.45) is 5.92 Å². The monoisotopic (exact) mass is 237 g/mol. The molecule has 0 aliphatic carbocycles. The predicted octanol–water partition coefficient (Wildman–Crippen LogP) is 1.80. The van der Waals surface area contributed by atoms with E-state index in [1.165, 1.54) is 25.9 Å². The minimum absolute atomic E-state index is 0.789. The fraction of sp³-hybridized carbons (Fsp3) is 0.769.